The smallest absolute Gasteiger partial charge is 0.325 e. The maximum Gasteiger partial charge on any atom is 0.325 e. The van der Waals surface area contributed by atoms with Crippen molar-refractivity contribution in [2.24, 2.45) is 0 Å². The molecule has 2 aliphatic heterocycles. The highest BCUT2D eigenvalue weighted by molar-refractivity contribution is 6.33. The van der Waals surface area contributed by atoms with Crippen LogP contribution in [0.25, 0.3) is 28.4 Å². The summed E-state index contributed by atoms with van der Waals surface area (Å²) in [5, 5.41) is 5.71. The third-order valence-electron chi connectivity index (χ3n) is 10.3. The maximum atomic E-state index is 12.3. The van der Waals surface area contributed by atoms with E-state index in [-0.39, 0.29) is 5.02 Å². The molecule has 0 atom stereocenters. The Labute approximate surface area is 326 Å². The number of rotatable bonds is 7. The summed E-state index contributed by atoms with van der Waals surface area (Å²) in [5.41, 5.74) is 18.0. The number of halogens is 4. The average molecular weight is 775 g/mol. The summed E-state index contributed by atoms with van der Waals surface area (Å²) in [7, 11) is 0. The Balaban J connectivity index is 0.000000325. The van der Waals surface area contributed by atoms with Gasteiger partial charge < -0.3 is 20.9 Å². The van der Waals surface area contributed by atoms with Crippen molar-refractivity contribution in [2.45, 2.75) is 64.7 Å². The molecule has 13 heteroatoms. The number of hydrogen-bond donors (Lipinski definition) is 2. The van der Waals surface area contributed by atoms with Crippen LogP contribution in [0.2, 0.25) is 5.02 Å². The van der Waals surface area contributed by atoms with E-state index in [4.69, 9.17) is 39.0 Å². The van der Waals surface area contributed by atoms with Crippen molar-refractivity contribution in [3.63, 3.8) is 0 Å². The minimum absolute atomic E-state index is 0.262. The maximum absolute atomic E-state index is 12.3. The minimum atomic E-state index is -3.24. The number of nitrogen functional groups attached to an aromatic ring is 1. The molecule has 0 saturated carbocycles. The zero-order valence-electron chi connectivity index (χ0n) is 31.2. The second-order valence-electron chi connectivity index (χ2n) is 13.9. The number of allylic oxidation sites excluding steroid dienone is 2. The molecule has 1 aliphatic carbocycles. The molecule has 3 N–H and O–H groups in total. The molecule has 0 radical (unpaired) electrons. The number of nitrogens with two attached hydrogens (primary N) is 1. The van der Waals surface area contributed by atoms with Crippen LogP contribution in [-0.4, -0.2) is 72.6 Å². The third kappa shape index (κ3) is 8.63. The molecule has 4 heterocycles. The summed E-state index contributed by atoms with van der Waals surface area (Å²) in [4.78, 5) is 18.6. The molecule has 54 heavy (non-hydrogen) atoms. The van der Waals surface area contributed by atoms with Crippen molar-refractivity contribution in [3.05, 3.63) is 118 Å². The molecule has 2 aromatic heterocycles. The lowest BCUT2D eigenvalue weighted by Gasteiger charge is -2.40. The number of benzene rings is 2. The zero-order valence-corrected chi connectivity index (χ0v) is 32.7. The standard InChI is InChI=1S/C33H40N8.C8H7Cl2F2N/c1-7-29-31(40-16-14-39(15-17-40)24(5)30-22(3)23(4)35-20-36-30)25(6)41-33(21(2)19-34-29)37-32(38-41)28-13-12-26-10-8-9-11-27(26)18-28;9-6-3-5(1-2-7(6)13)4-8(10,11)12/h12-13,18,20,34H,2,5-11,14-17,19H2,1,3-4H3;1-3H,4,13H2/b31-29+;. The van der Waals surface area contributed by atoms with Crippen LogP contribution in [0.3, 0.4) is 0 Å². The van der Waals surface area contributed by atoms with Gasteiger partial charge in [0.2, 0.25) is 0 Å². The normalized spacial score (nSPS) is 17.5. The van der Waals surface area contributed by atoms with Crippen molar-refractivity contribution in [3.8, 4) is 11.4 Å². The molecule has 0 unspecified atom stereocenters. The molecule has 0 amide bonds. The number of anilines is 1. The second-order valence-corrected chi connectivity index (χ2v) is 14.9. The van der Waals surface area contributed by atoms with Crippen molar-refractivity contribution >= 4 is 45.9 Å². The van der Waals surface area contributed by atoms with Gasteiger partial charge in [-0.1, -0.05) is 56.5 Å². The van der Waals surface area contributed by atoms with Crippen LogP contribution < -0.4 is 11.1 Å². The fourth-order valence-corrected chi connectivity index (χ4v) is 7.49. The van der Waals surface area contributed by atoms with Gasteiger partial charge in [0, 0.05) is 55.3 Å². The van der Waals surface area contributed by atoms with Gasteiger partial charge in [0.15, 0.2) is 11.6 Å². The summed E-state index contributed by atoms with van der Waals surface area (Å²) in [5.74, 6) is 1.50. The molecular weight excluding hydrogens is 727 g/mol. The van der Waals surface area contributed by atoms with Crippen molar-refractivity contribution < 1.29 is 8.78 Å². The highest BCUT2D eigenvalue weighted by Gasteiger charge is 2.30. The predicted octanol–water partition coefficient (Wildman–Crippen LogP) is 8.52. The van der Waals surface area contributed by atoms with E-state index in [9.17, 15) is 8.78 Å². The molecule has 1 saturated heterocycles. The predicted molar refractivity (Wildman–Crippen MR) is 216 cm³/mol. The zero-order chi connectivity index (χ0) is 38.7. The van der Waals surface area contributed by atoms with E-state index < -0.39 is 11.8 Å². The molecular formula is C41H47Cl2F2N9. The second kappa shape index (κ2) is 16.3. The van der Waals surface area contributed by atoms with Crippen LogP contribution in [0.4, 0.5) is 14.5 Å². The van der Waals surface area contributed by atoms with E-state index in [1.165, 1.54) is 42.2 Å². The van der Waals surface area contributed by atoms with E-state index in [2.05, 4.69) is 76.9 Å². The Hall–Kier alpha value is -4.74. The van der Waals surface area contributed by atoms with Gasteiger partial charge in [0.1, 0.15) is 6.33 Å². The fraction of sp³-hybridized carbons (Fsp3) is 0.366. The number of nitrogens with zero attached hydrogens (tertiary/aromatic N) is 7. The van der Waals surface area contributed by atoms with Crippen LogP contribution >= 0.6 is 23.2 Å². The van der Waals surface area contributed by atoms with Gasteiger partial charge in [-0.15, -0.1) is 5.10 Å². The summed E-state index contributed by atoms with van der Waals surface area (Å²) < 4.78 is 26.6. The van der Waals surface area contributed by atoms with Gasteiger partial charge >= 0.3 is 5.38 Å². The summed E-state index contributed by atoms with van der Waals surface area (Å²) in [6.45, 7) is 23.6. The molecule has 2 aromatic carbocycles. The van der Waals surface area contributed by atoms with Crippen LogP contribution in [0, 0.1) is 13.8 Å². The summed E-state index contributed by atoms with van der Waals surface area (Å²) >= 11 is 10.4. The van der Waals surface area contributed by atoms with E-state index in [0.29, 0.717) is 17.8 Å². The number of alkyl halides is 3. The lowest BCUT2D eigenvalue weighted by molar-refractivity contribution is 0.0969. The van der Waals surface area contributed by atoms with Gasteiger partial charge in [-0.2, -0.15) is 8.78 Å². The Morgan fingerprint density at radius 2 is 1.72 bits per heavy atom. The molecule has 0 bridgehead atoms. The van der Waals surface area contributed by atoms with E-state index in [1.807, 2.05) is 11.6 Å². The Morgan fingerprint density at radius 3 is 2.41 bits per heavy atom. The van der Waals surface area contributed by atoms with Crippen molar-refractivity contribution in [2.75, 3.05) is 38.5 Å². The molecule has 3 aliphatic rings. The fourth-order valence-electron chi connectivity index (χ4n) is 7.13. The first-order valence-corrected chi connectivity index (χ1v) is 19.0. The number of hydrogen-bond acceptors (Lipinski definition) is 8. The highest BCUT2D eigenvalue weighted by Crippen LogP contribution is 2.33. The monoisotopic (exact) mass is 773 g/mol. The van der Waals surface area contributed by atoms with E-state index >= 15 is 0 Å². The lowest BCUT2D eigenvalue weighted by Crippen LogP contribution is -2.46. The highest BCUT2D eigenvalue weighted by atomic mass is 35.5. The molecule has 4 aromatic rings. The van der Waals surface area contributed by atoms with Gasteiger partial charge in [0.05, 0.1) is 39.9 Å². The third-order valence-corrected chi connectivity index (χ3v) is 10.7. The SMILES string of the molecule is C=C1CN/C(CC)=C(/N2CCN(C(=C)c3ncnc(C)c3C)CC2)C(=C)n2nc(-c3ccc4c(c3)CCCC4)nc21.Nc1ccc(CC(F)(F)Cl)cc1Cl. The molecule has 1 fully saturated rings. The Bertz CT molecular complexity index is 2110. The van der Waals surface area contributed by atoms with Gasteiger partial charge in [0.25, 0.3) is 0 Å². The first-order chi connectivity index (χ1) is 25.7. The molecule has 284 valence electrons. The quantitative estimate of drug-likeness (QED) is 0.143. The number of fused-ring (bicyclic) bond motifs is 2. The van der Waals surface area contributed by atoms with E-state index in [0.717, 1.165) is 108 Å². The number of aromatic nitrogens is 5. The number of aryl methyl sites for hydroxylation is 3. The van der Waals surface area contributed by atoms with Crippen LogP contribution in [-0.2, 0) is 19.3 Å². The average Bonchev–Trinajstić information content (AvgIpc) is 3.60. The minimum Gasteiger partial charge on any atom is -0.398 e. The summed E-state index contributed by atoms with van der Waals surface area (Å²) in [6, 6.07) is 11.0. The number of nitrogens with one attached hydrogen (secondary N) is 1. The first-order valence-electron chi connectivity index (χ1n) is 18.3. The topological polar surface area (TPSA) is 101 Å². The Kier molecular flexibility index (Phi) is 11.8. The van der Waals surface area contributed by atoms with Crippen molar-refractivity contribution in [1.29, 1.82) is 0 Å². The van der Waals surface area contributed by atoms with E-state index in [1.54, 1.807) is 6.33 Å². The molecule has 9 nitrogen and oxygen atoms in total. The Morgan fingerprint density at radius 1 is 1.00 bits per heavy atom. The van der Waals surface area contributed by atoms with Crippen LogP contribution in [0.1, 0.15) is 65.7 Å². The summed E-state index contributed by atoms with van der Waals surface area (Å²) in [6.07, 6.45) is 6.74. The van der Waals surface area contributed by atoms with Crippen LogP contribution in [0.15, 0.2) is 73.9 Å². The number of piperazine rings is 1. The van der Waals surface area contributed by atoms with Gasteiger partial charge in [-0.05, 0) is 98.0 Å². The molecule has 7 rings (SSSR count). The molecule has 0 spiro atoms. The lowest BCUT2D eigenvalue weighted by atomic mass is 9.90. The van der Waals surface area contributed by atoms with Gasteiger partial charge in [-0.25, -0.2) is 19.6 Å². The first kappa shape index (κ1) is 39.0. The van der Waals surface area contributed by atoms with Gasteiger partial charge in [-0.3, -0.25) is 0 Å². The van der Waals surface area contributed by atoms with Crippen LogP contribution in [0.5, 0.6) is 0 Å². The largest absolute Gasteiger partial charge is 0.398 e. The van der Waals surface area contributed by atoms with Crippen molar-refractivity contribution in [1.82, 2.24) is 39.8 Å².